The maximum atomic E-state index is 12.7. The number of hydrogen-bond acceptors (Lipinski definition) is 4. The standard InChI is InChI=1S/C12H22N4O2S/c1-3-16(10-6-4-5-7-10)19(17,18)12-11(8-13)9(2)14-15-12/h10H,3-8,13H2,1-2H3,(H,14,15). The molecule has 1 aliphatic carbocycles. The maximum Gasteiger partial charge on any atom is 0.262 e. The van der Waals surface area contributed by atoms with Gasteiger partial charge >= 0.3 is 0 Å². The van der Waals surface area contributed by atoms with E-state index in [0.29, 0.717) is 12.1 Å². The molecule has 0 amide bonds. The van der Waals surface area contributed by atoms with Gasteiger partial charge in [0.25, 0.3) is 10.0 Å². The van der Waals surface area contributed by atoms with Crippen LogP contribution in [-0.4, -0.2) is 35.5 Å². The first-order valence-electron chi connectivity index (χ1n) is 6.78. The van der Waals surface area contributed by atoms with Gasteiger partial charge in [-0.15, -0.1) is 0 Å². The Balaban J connectivity index is 2.39. The van der Waals surface area contributed by atoms with Crippen LogP contribution >= 0.6 is 0 Å². The summed E-state index contributed by atoms with van der Waals surface area (Å²) in [6.07, 6.45) is 4.07. The molecular weight excluding hydrogens is 264 g/mol. The van der Waals surface area contributed by atoms with E-state index >= 15 is 0 Å². The Kier molecular flexibility index (Phi) is 4.27. The Morgan fingerprint density at radius 3 is 2.58 bits per heavy atom. The van der Waals surface area contributed by atoms with Crippen molar-refractivity contribution < 1.29 is 8.42 Å². The molecule has 0 saturated heterocycles. The van der Waals surface area contributed by atoms with E-state index in [2.05, 4.69) is 10.2 Å². The first kappa shape index (κ1) is 14.5. The van der Waals surface area contributed by atoms with E-state index in [0.717, 1.165) is 31.4 Å². The van der Waals surface area contributed by atoms with Gasteiger partial charge in [-0.25, -0.2) is 8.42 Å². The predicted molar refractivity (Wildman–Crippen MR) is 73.0 cm³/mol. The number of sulfonamides is 1. The molecule has 0 aliphatic heterocycles. The zero-order chi connectivity index (χ0) is 14.0. The van der Waals surface area contributed by atoms with Crippen LogP contribution in [0.2, 0.25) is 0 Å². The van der Waals surface area contributed by atoms with Gasteiger partial charge in [-0.1, -0.05) is 19.8 Å². The second kappa shape index (κ2) is 5.60. The average Bonchev–Trinajstić information content (AvgIpc) is 2.99. The Labute approximate surface area is 114 Å². The molecule has 19 heavy (non-hydrogen) atoms. The van der Waals surface area contributed by atoms with Crippen molar-refractivity contribution in [2.24, 2.45) is 5.73 Å². The van der Waals surface area contributed by atoms with Gasteiger partial charge in [-0.3, -0.25) is 5.10 Å². The Hall–Kier alpha value is -0.920. The van der Waals surface area contributed by atoms with Crippen molar-refractivity contribution in [3.63, 3.8) is 0 Å². The van der Waals surface area contributed by atoms with Crippen LogP contribution in [0.1, 0.15) is 43.9 Å². The van der Waals surface area contributed by atoms with E-state index in [-0.39, 0.29) is 17.6 Å². The third kappa shape index (κ3) is 2.54. The summed E-state index contributed by atoms with van der Waals surface area (Å²) in [5.74, 6) is 0. The van der Waals surface area contributed by atoms with Gasteiger partial charge < -0.3 is 5.73 Å². The number of nitrogens with two attached hydrogens (primary N) is 1. The molecule has 0 unspecified atom stereocenters. The molecule has 1 aromatic rings. The number of nitrogens with zero attached hydrogens (tertiary/aromatic N) is 2. The lowest BCUT2D eigenvalue weighted by molar-refractivity contribution is 0.334. The molecule has 6 nitrogen and oxygen atoms in total. The lowest BCUT2D eigenvalue weighted by Gasteiger charge is -2.26. The molecule has 3 N–H and O–H groups in total. The fraction of sp³-hybridized carbons (Fsp3) is 0.750. The predicted octanol–water partition coefficient (Wildman–Crippen LogP) is 1.13. The zero-order valence-corrected chi connectivity index (χ0v) is 12.3. The maximum absolute atomic E-state index is 12.7. The number of rotatable bonds is 5. The van der Waals surface area contributed by atoms with Gasteiger partial charge in [0.1, 0.15) is 0 Å². The summed E-state index contributed by atoms with van der Waals surface area (Å²) in [6.45, 7) is 4.32. The zero-order valence-electron chi connectivity index (χ0n) is 11.5. The number of aromatic amines is 1. The molecule has 7 heteroatoms. The number of aromatic nitrogens is 2. The van der Waals surface area contributed by atoms with Crippen molar-refractivity contribution in [1.82, 2.24) is 14.5 Å². The van der Waals surface area contributed by atoms with Crippen LogP contribution in [0.4, 0.5) is 0 Å². The molecule has 0 atom stereocenters. The Bertz CT molecular complexity index is 532. The molecular formula is C12H22N4O2S. The summed E-state index contributed by atoms with van der Waals surface area (Å²) in [5.41, 5.74) is 6.96. The highest BCUT2D eigenvalue weighted by Crippen LogP contribution is 2.29. The fourth-order valence-corrected chi connectivity index (χ4v) is 4.69. The normalized spacial score (nSPS) is 17.5. The third-order valence-electron chi connectivity index (χ3n) is 3.84. The minimum Gasteiger partial charge on any atom is -0.326 e. The highest BCUT2D eigenvalue weighted by atomic mass is 32.2. The van der Waals surface area contributed by atoms with Crippen molar-refractivity contribution in [3.05, 3.63) is 11.3 Å². The van der Waals surface area contributed by atoms with Crippen LogP contribution in [0.15, 0.2) is 5.03 Å². The van der Waals surface area contributed by atoms with Gasteiger partial charge in [0, 0.05) is 30.4 Å². The monoisotopic (exact) mass is 286 g/mol. The van der Waals surface area contributed by atoms with Gasteiger partial charge in [-0.05, 0) is 19.8 Å². The van der Waals surface area contributed by atoms with E-state index < -0.39 is 10.0 Å². The summed E-state index contributed by atoms with van der Waals surface area (Å²) >= 11 is 0. The number of H-pyrrole nitrogens is 1. The SMILES string of the molecule is CCN(C1CCCC1)S(=O)(=O)c1n[nH]c(C)c1CN. The minimum absolute atomic E-state index is 0.0984. The molecule has 1 heterocycles. The van der Waals surface area contributed by atoms with Crippen molar-refractivity contribution in [2.45, 2.75) is 57.1 Å². The van der Waals surface area contributed by atoms with Crippen molar-refractivity contribution in [2.75, 3.05) is 6.54 Å². The van der Waals surface area contributed by atoms with Crippen molar-refractivity contribution in [1.29, 1.82) is 0 Å². The van der Waals surface area contributed by atoms with E-state index in [9.17, 15) is 8.42 Å². The highest BCUT2D eigenvalue weighted by Gasteiger charge is 2.35. The first-order valence-corrected chi connectivity index (χ1v) is 8.22. The van der Waals surface area contributed by atoms with E-state index in [1.807, 2.05) is 6.92 Å². The fourth-order valence-electron chi connectivity index (χ4n) is 2.81. The molecule has 108 valence electrons. The molecule has 1 saturated carbocycles. The second-order valence-electron chi connectivity index (χ2n) is 4.98. The van der Waals surface area contributed by atoms with Gasteiger partial charge in [0.15, 0.2) is 5.03 Å². The van der Waals surface area contributed by atoms with Crippen LogP contribution in [0, 0.1) is 6.92 Å². The summed E-state index contributed by atoms with van der Waals surface area (Å²) in [6, 6.07) is 0.109. The molecule has 0 bridgehead atoms. The Morgan fingerprint density at radius 2 is 2.05 bits per heavy atom. The first-order chi connectivity index (χ1) is 9.02. The Morgan fingerprint density at radius 1 is 1.42 bits per heavy atom. The molecule has 0 radical (unpaired) electrons. The molecule has 1 aromatic heterocycles. The van der Waals surface area contributed by atoms with Crippen LogP contribution in [0.3, 0.4) is 0 Å². The van der Waals surface area contributed by atoms with Crippen LogP contribution in [0.25, 0.3) is 0 Å². The van der Waals surface area contributed by atoms with Crippen LogP contribution < -0.4 is 5.73 Å². The number of aryl methyl sites for hydroxylation is 1. The average molecular weight is 286 g/mol. The minimum atomic E-state index is -3.55. The van der Waals surface area contributed by atoms with Crippen LogP contribution in [0.5, 0.6) is 0 Å². The highest BCUT2D eigenvalue weighted by molar-refractivity contribution is 7.89. The van der Waals surface area contributed by atoms with Gasteiger partial charge in [0.2, 0.25) is 0 Å². The van der Waals surface area contributed by atoms with E-state index in [4.69, 9.17) is 5.73 Å². The number of hydrogen-bond donors (Lipinski definition) is 2. The second-order valence-corrected chi connectivity index (χ2v) is 6.79. The molecule has 1 aliphatic rings. The number of nitrogens with one attached hydrogen (secondary N) is 1. The quantitative estimate of drug-likeness (QED) is 0.848. The smallest absolute Gasteiger partial charge is 0.262 e. The molecule has 1 fully saturated rings. The van der Waals surface area contributed by atoms with Gasteiger partial charge in [-0.2, -0.15) is 9.40 Å². The molecule has 2 rings (SSSR count). The largest absolute Gasteiger partial charge is 0.326 e. The lowest BCUT2D eigenvalue weighted by Crippen LogP contribution is -2.39. The topological polar surface area (TPSA) is 92.1 Å². The summed E-state index contributed by atoms with van der Waals surface area (Å²) < 4.78 is 27.0. The van der Waals surface area contributed by atoms with Crippen molar-refractivity contribution in [3.8, 4) is 0 Å². The molecule has 0 aromatic carbocycles. The third-order valence-corrected chi connectivity index (χ3v) is 5.84. The summed E-state index contributed by atoms with van der Waals surface area (Å²) in [5, 5.41) is 6.79. The molecule has 0 spiro atoms. The van der Waals surface area contributed by atoms with E-state index in [1.165, 1.54) is 0 Å². The van der Waals surface area contributed by atoms with Crippen LogP contribution in [-0.2, 0) is 16.6 Å². The lowest BCUT2D eigenvalue weighted by atomic mass is 10.2. The van der Waals surface area contributed by atoms with Gasteiger partial charge in [0.05, 0.1) is 0 Å². The van der Waals surface area contributed by atoms with E-state index in [1.54, 1.807) is 11.2 Å². The van der Waals surface area contributed by atoms with Crippen molar-refractivity contribution >= 4 is 10.0 Å². The summed E-state index contributed by atoms with van der Waals surface area (Å²) in [7, 11) is -3.55. The summed E-state index contributed by atoms with van der Waals surface area (Å²) in [4.78, 5) is 0.